The topological polar surface area (TPSA) is 55.3 Å². The molecular formula is C15H11BrF3N3O2. The number of pyridine rings is 2. The number of rotatable bonds is 3. The summed E-state index contributed by atoms with van der Waals surface area (Å²) in [5, 5.41) is 0. The lowest BCUT2D eigenvalue weighted by atomic mass is 10.1. The van der Waals surface area contributed by atoms with Crippen molar-refractivity contribution in [1.29, 1.82) is 0 Å². The van der Waals surface area contributed by atoms with Crippen LogP contribution in [0, 0.1) is 0 Å². The van der Waals surface area contributed by atoms with Gasteiger partial charge in [0, 0.05) is 23.1 Å². The molecule has 0 bridgehead atoms. The number of carbonyl (C=O) groups is 1. The maximum absolute atomic E-state index is 12.9. The smallest absolute Gasteiger partial charge is 0.421 e. The fourth-order valence-electron chi connectivity index (χ4n) is 2.25. The summed E-state index contributed by atoms with van der Waals surface area (Å²) in [5.41, 5.74) is -0.525. The fourth-order valence-corrected chi connectivity index (χ4v) is 2.61. The third-order valence-electron chi connectivity index (χ3n) is 3.44. The molecule has 0 aromatic carbocycles. The molecule has 0 atom stereocenters. The summed E-state index contributed by atoms with van der Waals surface area (Å²) < 4.78 is 44.6. The molecule has 5 nitrogen and oxygen atoms in total. The van der Waals surface area contributed by atoms with Crippen LogP contribution in [0.5, 0.6) is 5.88 Å². The largest absolute Gasteiger partial charge is 0.470 e. The van der Waals surface area contributed by atoms with Crippen LogP contribution in [0.4, 0.5) is 13.2 Å². The first-order chi connectivity index (χ1) is 11.3. The number of amides is 1. The number of carbonyl (C=O) groups excluding carboxylic acids is 1. The van der Waals surface area contributed by atoms with Crippen molar-refractivity contribution in [2.45, 2.75) is 12.3 Å². The highest BCUT2D eigenvalue weighted by Crippen LogP contribution is 2.35. The summed E-state index contributed by atoms with van der Waals surface area (Å²) in [6, 6.07) is 3.74. The number of likely N-dealkylation sites (tertiary alicyclic amines) is 1. The van der Waals surface area contributed by atoms with Gasteiger partial charge in [0.25, 0.3) is 5.91 Å². The van der Waals surface area contributed by atoms with Gasteiger partial charge in [0.1, 0.15) is 11.7 Å². The van der Waals surface area contributed by atoms with Crippen LogP contribution in [0.3, 0.4) is 0 Å². The van der Waals surface area contributed by atoms with Crippen molar-refractivity contribution in [3.8, 4) is 5.88 Å². The van der Waals surface area contributed by atoms with Crippen molar-refractivity contribution >= 4 is 21.8 Å². The SMILES string of the molecule is O=C(c1cncc(Br)c1)N1CC(Oc2ncccc2C(F)(F)F)C1. The van der Waals surface area contributed by atoms with E-state index in [4.69, 9.17) is 4.74 Å². The zero-order chi connectivity index (χ0) is 17.3. The number of ether oxygens (including phenoxy) is 1. The second kappa shape index (κ2) is 6.39. The van der Waals surface area contributed by atoms with E-state index >= 15 is 0 Å². The first-order valence-electron chi connectivity index (χ1n) is 6.93. The van der Waals surface area contributed by atoms with Gasteiger partial charge in [-0.3, -0.25) is 9.78 Å². The molecule has 0 aliphatic carbocycles. The molecule has 3 rings (SSSR count). The van der Waals surface area contributed by atoms with E-state index in [9.17, 15) is 18.0 Å². The molecule has 1 amide bonds. The molecule has 1 aliphatic heterocycles. The molecule has 0 spiro atoms. The first kappa shape index (κ1) is 16.7. The minimum atomic E-state index is -4.54. The number of alkyl halides is 3. The van der Waals surface area contributed by atoms with E-state index < -0.39 is 23.7 Å². The average Bonchev–Trinajstić information content (AvgIpc) is 2.49. The molecule has 1 aliphatic rings. The van der Waals surface area contributed by atoms with Gasteiger partial charge in [0.15, 0.2) is 0 Å². The fraction of sp³-hybridized carbons (Fsp3) is 0.267. The van der Waals surface area contributed by atoms with Crippen LogP contribution in [0.2, 0.25) is 0 Å². The van der Waals surface area contributed by atoms with E-state index in [0.717, 1.165) is 6.07 Å². The van der Waals surface area contributed by atoms with E-state index in [0.29, 0.717) is 10.0 Å². The Kier molecular flexibility index (Phi) is 4.44. The van der Waals surface area contributed by atoms with Crippen LogP contribution in [0.25, 0.3) is 0 Å². The number of halogens is 4. The van der Waals surface area contributed by atoms with Crippen molar-refractivity contribution in [3.05, 3.63) is 52.4 Å². The highest BCUT2D eigenvalue weighted by molar-refractivity contribution is 9.10. The van der Waals surface area contributed by atoms with E-state index in [1.54, 1.807) is 12.3 Å². The molecule has 0 saturated carbocycles. The number of hydrogen-bond acceptors (Lipinski definition) is 4. The molecule has 1 saturated heterocycles. The molecule has 24 heavy (non-hydrogen) atoms. The highest BCUT2D eigenvalue weighted by Gasteiger charge is 2.38. The van der Waals surface area contributed by atoms with Gasteiger partial charge in [-0.2, -0.15) is 13.2 Å². The number of hydrogen-bond donors (Lipinski definition) is 0. The minimum Gasteiger partial charge on any atom is -0.470 e. The average molecular weight is 402 g/mol. The monoisotopic (exact) mass is 401 g/mol. The van der Waals surface area contributed by atoms with Gasteiger partial charge in [-0.05, 0) is 34.1 Å². The molecule has 2 aromatic rings. The third-order valence-corrected chi connectivity index (χ3v) is 3.88. The van der Waals surface area contributed by atoms with Gasteiger partial charge in [0.2, 0.25) is 5.88 Å². The molecule has 0 unspecified atom stereocenters. The van der Waals surface area contributed by atoms with E-state index in [1.807, 2.05) is 0 Å². The van der Waals surface area contributed by atoms with Crippen LogP contribution in [0.15, 0.2) is 41.3 Å². The molecule has 1 fully saturated rings. The normalized spacial score (nSPS) is 15.1. The molecule has 9 heteroatoms. The Balaban J connectivity index is 1.63. The predicted molar refractivity (Wildman–Crippen MR) is 81.5 cm³/mol. The van der Waals surface area contributed by atoms with Crippen molar-refractivity contribution < 1.29 is 22.7 Å². The summed E-state index contributed by atoms with van der Waals surface area (Å²) >= 11 is 3.23. The van der Waals surface area contributed by atoms with Gasteiger partial charge in [-0.15, -0.1) is 0 Å². The standard InChI is InChI=1S/C15H11BrF3N3O2/c16-10-4-9(5-20-6-10)14(23)22-7-11(8-22)24-13-12(15(17,18)19)2-1-3-21-13/h1-6,11H,7-8H2. The summed E-state index contributed by atoms with van der Waals surface area (Å²) in [4.78, 5) is 21.2. The van der Waals surface area contributed by atoms with Gasteiger partial charge in [-0.1, -0.05) is 0 Å². The quantitative estimate of drug-likeness (QED) is 0.792. The summed E-state index contributed by atoms with van der Waals surface area (Å²) in [5.74, 6) is -0.716. The second-order valence-corrected chi connectivity index (χ2v) is 6.11. The Hall–Kier alpha value is -2.16. The highest BCUT2D eigenvalue weighted by atomic mass is 79.9. The van der Waals surface area contributed by atoms with Crippen molar-refractivity contribution in [3.63, 3.8) is 0 Å². The summed E-state index contributed by atoms with van der Waals surface area (Å²) in [6.07, 6.45) is -0.838. The Morgan fingerprint density at radius 3 is 2.75 bits per heavy atom. The van der Waals surface area contributed by atoms with Crippen molar-refractivity contribution in [2.75, 3.05) is 13.1 Å². The lowest BCUT2D eigenvalue weighted by molar-refractivity contribution is -0.140. The molecule has 0 N–H and O–H groups in total. The lowest BCUT2D eigenvalue weighted by Crippen LogP contribution is -2.56. The maximum atomic E-state index is 12.9. The summed E-state index contributed by atoms with van der Waals surface area (Å²) in [7, 11) is 0. The predicted octanol–water partition coefficient (Wildman–Crippen LogP) is 3.16. The van der Waals surface area contributed by atoms with E-state index in [1.165, 1.54) is 23.4 Å². The van der Waals surface area contributed by atoms with Crippen molar-refractivity contribution in [1.82, 2.24) is 14.9 Å². The first-order valence-corrected chi connectivity index (χ1v) is 7.72. The second-order valence-electron chi connectivity index (χ2n) is 5.20. The number of nitrogens with zero attached hydrogens (tertiary/aromatic N) is 3. The van der Waals surface area contributed by atoms with Crippen LogP contribution in [-0.4, -0.2) is 40.0 Å². The molecule has 2 aromatic heterocycles. The van der Waals surface area contributed by atoms with Crippen LogP contribution in [0.1, 0.15) is 15.9 Å². The van der Waals surface area contributed by atoms with Gasteiger partial charge < -0.3 is 9.64 Å². The van der Waals surface area contributed by atoms with Gasteiger partial charge in [0.05, 0.1) is 18.7 Å². The Morgan fingerprint density at radius 1 is 1.33 bits per heavy atom. The third kappa shape index (κ3) is 3.50. The number of aromatic nitrogens is 2. The zero-order valence-corrected chi connectivity index (χ0v) is 13.7. The molecular weight excluding hydrogens is 391 g/mol. The zero-order valence-electron chi connectivity index (χ0n) is 12.1. The van der Waals surface area contributed by atoms with E-state index in [2.05, 4.69) is 25.9 Å². The Morgan fingerprint density at radius 2 is 2.08 bits per heavy atom. The van der Waals surface area contributed by atoms with Gasteiger partial charge in [-0.25, -0.2) is 4.98 Å². The van der Waals surface area contributed by atoms with E-state index in [-0.39, 0.29) is 19.0 Å². The molecule has 126 valence electrons. The Bertz CT molecular complexity index is 764. The maximum Gasteiger partial charge on any atom is 0.421 e. The van der Waals surface area contributed by atoms with Crippen LogP contribution >= 0.6 is 15.9 Å². The lowest BCUT2D eigenvalue weighted by Gasteiger charge is -2.38. The summed E-state index contributed by atoms with van der Waals surface area (Å²) in [6.45, 7) is 0.387. The van der Waals surface area contributed by atoms with Crippen molar-refractivity contribution in [2.24, 2.45) is 0 Å². The van der Waals surface area contributed by atoms with Crippen LogP contribution in [-0.2, 0) is 6.18 Å². The molecule has 3 heterocycles. The Labute approximate surface area is 143 Å². The minimum absolute atomic E-state index is 0.194. The molecule has 0 radical (unpaired) electrons. The van der Waals surface area contributed by atoms with Gasteiger partial charge >= 0.3 is 6.18 Å². The van der Waals surface area contributed by atoms with Crippen LogP contribution < -0.4 is 4.74 Å².